The van der Waals surface area contributed by atoms with Gasteiger partial charge in [-0.25, -0.2) is 0 Å². The molecule has 22 heavy (non-hydrogen) atoms. The zero-order valence-corrected chi connectivity index (χ0v) is 13.9. The fourth-order valence-electron chi connectivity index (χ4n) is 1.91. The Hall–Kier alpha value is -1.49. The molecule has 1 aromatic rings. The molecule has 0 saturated heterocycles. The topological polar surface area (TPSA) is 78.9 Å². The van der Waals surface area contributed by atoms with E-state index in [1.54, 1.807) is 39.0 Å². The number of hydrogen-bond donors (Lipinski definition) is 0. The Morgan fingerprint density at radius 2 is 1.55 bits per heavy atom. The predicted octanol–water partition coefficient (Wildman–Crippen LogP) is 3.07. The van der Waals surface area contributed by atoms with Gasteiger partial charge in [0, 0.05) is 5.56 Å². The number of esters is 1. The summed E-state index contributed by atoms with van der Waals surface area (Å²) in [6.45, 7) is 5.00. The summed E-state index contributed by atoms with van der Waals surface area (Å²) in [6, 6.07) is 8.12. The highest BCUT2D eigenvalue weighted by Crippen LogP contribution is 2.54. The third-order valence-corrected chi connectivity index (χ3v) is 5.06. The van der Waals surface area contributed by atoms with Crippen molar-refractivity contribution in [3.8, 4) is 0 Å². The first-order valence-corrected chi connectivity index (χ1v) is 8.76. The quantitative estimate of drug-likeness (QED) is 0.300. The van der Waals surface area contributed by atoms with Crippen molar-refractivity contribution in [3.63, 3.8) is 0 Å². The molecular formula is C15H21O6P. The zero-order valence-electron chi connectivity index (χ0n) is 13.0. The first-order chi connectivity index (χ1) is 10.5. The van der Waals surface area contributed by atoms with Crippen LogP contribution in [0.3, 0.4) is 0 Å². The number of ether oxygens (including phenoxy) is 1. The third kappa shape index (κ3) is 4.50. The minimum atomic E-state index is -3.96. The second-order valence-electron chi connectivity index (χ2n) is 4.26. The molecule has 0 aliphatic rings. The van der Waals surface area contributed by atoms with Gasteiger partial charge in [-0.15, -0.1) is 0 Å². The minimum Gasteiger partial charge on any atom is -0.465 e. The lowest BCUT2D eigenvalue weighted by Gasteiger charge is -2.23. The van der Waals surface area contributed by atoms with E-state index in [4.69, 9.17) is 13.8 Å². The highest BCUT2D eigenvalue weighted by Gasteiger charge is 2.47. The number of rotatable bonds is 9. The van der Waals surface area contributed by atoms with Crippen molar-refractivity contribution < 1.29 is 27.9 Å². The molecule has 0 fully saturated rings. The molecule has 0 aromatic heterocycles. The van der Waals surface area contributed by atoms with E-state index in [1.807, 2.05) is 0 Å². The summed E-state index contributed by atoms with van der Waals surface area (Å²) >= 11 is 0. The predicted molar refractivity (Wildman–Crippen MR) is 82.1 cm³/mol. The molecule has 0 bridgehead atoms. The summed E-state index contributed by atoms with van der Waals surface area (Å²) < 4.78 is 28.1. The van der Waals surface area contributed by atoms with Gasteiger partial charge in [-0.1, -0.05) is 30.3 Å². The summed E-state index contributed by atoms with van der Waals surface area (Å²) in [7, 11) is -3.96. The van der Waals surface area contributed by atoms with E-state index < -0.39 is 25.0 Å². The van der Waals surface area contributed by atoms with Crippen LogP contribution in [0.1, 0.15) is 31.1 Å². The molecule has 0 spiro atoms. The van der Waals surface area contributed by atoms with Crippen molar-refractivity contribution in [2.24, 2.45) is 0 Å². The van der Waals surface area contributed by atoms with E-state index in [0.29, 0.717) is 0 Å². The molecule has 1 atom stereocenters. The Bertz CT molecular complexity index is 532. The van der Waals surface area contributed by atoms with Crippen molar-refractivity contribution in [1.82, 2.24) is 0 Å². The van der Waals surface area contributed by atoms with E-state index in [0.717, 1.165) is 0 Å². The maximum Gasteiger partial charge on any atom is 0.352 e. The first-order valence-electron chi connectivity index (χ1n) is 7.14. The molecule has 0 heterocycles. The van der Waals surface area contributed by atoms with Crippen molar-refractivity contribution in [2.45, 2.75) is 26.4 Å². The highest BCUT2D eigenvalue weighted by molar-refractivity contribution is 7.57. The minimum absolute atomic E-state index is 0.0508. The number of ketones is 1. The van der Waals surface area contributed by atoms with Crippen LogP contribution in [0.15, 0.2) is 30.3 Å². The van der Waals surface area contributed by atoms with Gasteiger partial charge in [0.2, 0.25) is 5.66 Å². The molecule has 0 aliphatic heterocycles. The monoisotopic (exact) mass is 328 g/mol. The van der Waals surface area contributed by atoms with Crippen LogP contribution in [0.5, 0.6) is 0 Å². The van der Waals surface area contributed by atoms with Gasteiger partial charge in [0.1, 0.15) is 0 Å². The zero-order chi connectivity index (χ0) is 16.6. The van der Waals surface area contributed by atoms with Crippen molar-refractivity contribution in [3.05, 3.63) is 35.9 Å². The molecule has 1 aromatic carbocycles. The molecule has 0 radical (unpaired) electrons. The fourth-order valence-corrected chi connectivity index (χ4v) is 3.77. The van der Waals surface area contributed by atoms with Crippen LogP contribution >= 0.6 is 7.60 Å². The van der Waals surface area contributed by atoms with Gasteiger partial charge in [0.25, 0.3) is 0 Å². The number of benzene rings is 1. The first kappa shape index (κ1) is 18.6. The number of carbonyl (C=O) groups is 2. The Labute approximate surface area is 130 Å². The second kappa shape index (κ2) is 8.83. The SMILES string of the molecule is CCOC(=O)C(C(=O)c1ccccc1)P(=O)(OCC)OCC. The number of carbonyl (C=O) groups excluding carboxylic acids is 2. The number of Topliss-reactive ketones (excluding diaryl/α,β-unsaturated/α-hetero) is 1. The lowest BCUT2D eigenvalue weighted by atomic mass is 10.1. The standard InChI is InChI=1S/C15H21O6P/c1-4-19-15(17)14(22(18,20-5-2)21-6-3)13(16)12-10-8-7-9-11-12/h7-11,14H,4-6H2,1-3H3. The van der Waals surface area contributed by atoms with Crippen LogP contribution in [0.4, 0.5) is 0 Å². The van der Waals surface area contributed by atoms with E-state index in [1.165, 1.54) is 12.1 Å². The van der Waals surface area contributed by atoms with Crippen LogP contribution < -0.4 is 0 Å². The molecule has 0 saturated carbocycles. The van der Waals surface area contributed by atoms with Crippen molar-refractivity contribution in [1.29, 1.82) is 0 Å². The van der Waals surface area contributed by atoms with Gasteiger partial charge < -0.3 is 13.8 Å². The highest BCUT2D eigenvalue weighted by atomic mass is 31.2. The van der Waals surface area contributed by atoms with Crippen LogP contribution in [0.2, 0.25) is 0 Å². The van der Waals surface area contributed by atoms with Gasteiger partial charge >= 0.3 is 13.6 Å². The maximum absolute atomic E-state index is 12.9. The lowest BCUT2D eigenvalue weighted by Crippen LogP contribution is -2.33. The van der Waals surface area contributed by atoms with Crippen LogP contribution in [-0.2, 0) is 23.1 Å². The largest absolute Gasteiger partial charge is 0.465 e. The average Bonchev–Trinajstić information content (AvgIpc) is 2.49. The fraction of sp³-hybridized carbons (Fsp3) is 0.467. The van der Waals surface area contributed by atoms with Gasteiger partial charge in [0.15, 0.2) is 5.78 Å². The van der Waals surface area contributed by atoms with E-state index in [-0.39, 0.29) is 25.4 Å². The molecule has 0 aliphatic carbocycles. The van der Waals surface area contributed by atoms with Crippen LogP contribution in [-0.4, -0.2) is 37.2 Å². The smallest absolute Gasteiger partial charge is 0.352 e. The normalized spacial score (nSPS) is 12.7. The maximum atomic E-state index is 12.9. The molecular weight excluding hydrogens is 307 g/mol. The lowest BCUT2D eigenvalue weighted by molar-refractivity contribution is -0.142. The molecule has 0 N–H and O–H groups in total. The third-order valence-electron chi connectivity index (χ3n) is 2.75. The molecule has 1 rings (SSSR count). The Balaban J connectivity index is 3.25. The van der Waals surface area contributed by atoms with Crippen LogP contribution in [0.25, 0.3) is 0 Å². The molecule has 1 unspecified atom stereocenters. The molecule has 0 amide bonds. The van der Waals surface area contributed by atoms with E-state index in [9.17, 15) is 14.2 Å². The van der Waals surface area contributed by atoms with E-state index >= 15 is 0 Å². The van der Waals surface area contributed by atoms with Crippen LogP contribution in [0, 0.1) is 0 Å². The molecule has 122 valence electrons. The van der Waals surface area contributed by atoms with Gasteiger partial charge in [-0.2, -0.15) is 0 Å². The summed E-state index contributed by atoms with van der Waals surface area (Å²) in [6.07, 6.45) is 0. The van der Waals surface area contributed by atoms with Gasteiger partial charge in [0.05, 0.1) is 19.8 Å². The summed E-state index contributed by atoms with van der Waals surface area (Å²) in [4.78, 5) is 24.8. The summed E-state index contributed by atoms with van der Waals surface area (Å²) in [5.41, 5.74) is -1.37. The second-order valence-corrected chi connectivity index (χ2v) is 6.37. The Kier molecular flexibility index (Phi) is 7.45. The Morgan fingerprint density at radius 1 is 1.00 bits per heavy atom. The number of hydrogen-bond acceptors (Lipinski definition) is 6. The summed E-state index contributed by atoms with van der Waals surface area (Å²) in [5.74, 6) is -1.54. The van der Waals surface area contributed by atoms with Crippen molar-refractivity contribution >= 4 is 19.3 Å². The molecule has 6 nitrogen and oxygen atoms in total. The Morgan fingerprint density at radius 3 is 2.00 bits per heavy atom. The van der Waals surface area contributed by atoms with Gasteiger partial charge in [-0.3, -0.25) is 14.2 Å². The van der Waals surface area contributed by atoms with Crippen molar-refractivity contribution in [2.75, 3.05) is 19.8 Å². The van der Waals surface area contributed by atoms with Gasteiger partial charge in [-0.05, 0) is 20.8 Å². The average molecular weight is 328 g/mol. The summed E-state index contributed by atoms with van der Waals surface area (Å²) in [5, 5.41) is 0. The molecule has 7 heteroatoms. The van der Waals surface area contributed by atoms with E-state index in [2.05, 4.69) is 0 Å².